The maximum atomic E-state index is 10.7. The van der Waals surface area contributed by atoms with Crippen LogP contribution in [0.4, 0.5) is 0 Å². The average molecular weight is 274 g/mol. The van der Waals surface area contributed by atoms with Crippen molar-refractivity contribution in [2.75, 3.05) is 0 Å². The highest BCUT2D eigenvalue weighted by Gasteiger charge is 2.26. The van der Waals surface area contributed by atoms with Crippen molar-refractivity contribution in [2.45, 2.75) is 57.6 Å². The molecule has 0 spiro atoms. The molecule has 2 aliphatic rings. The first-order valence-corrected chi connectivity index (χ1v) is 8.03. The minimum atomic E-state index is 0.186. The number of allylic oxidation sites excluding steroid dienone is 1. The predicted molar refractivity (Wildman–Crippen MR) is 83.8 cm³/mol. The molecule has 0 saturated carbocycles. The molecule has 1 aromatic carbocycles. The maximum Gasteiger partial charge on any atom is 0.127 e. The first kappa shape index (κ1) is 13.1. The number of hydrogen-bond donors (Lipinski definition) is 1. The zero-order chi connectivity index (χ0) is 13.6. The summed E-state index contributed by atoms with van der Waals surface area (Å²) in [5, 5.41) is 10.7. The van der Waals surface area contributed by atoms with Crippen LogP contribution in [-0.4, -0.2) is 9.85 Å². The number of phenolic OH excluding ortho intramolecular Hbond substituents is 1. The van der Waals surface area contributed by atoms with Crippen molar-refractivity contribution in [2.24, 2.45) is 0 Å². The molecule has 0 unspecified atom stereocenters. The largest absolute Gasteiger partial charge is 0.507 e. The molecule has 0 heterocycles. The third-order valence-corrected chi connectivity index (χ3v) is 5.06. The van der Waals surface area contributed by atoms with Crippen molar-refractivity contribution in [1.82, 2.24) is 0 Å². The molecule has 0 atom stereocenters. The van der Waals surface area contributed by atoms with Crippen molar-refractivity contribution >= 4 is 16.7 Å². The van der Waals surface area contributed by atoms with Gasteiger partial charge in [-0.25, -0.2) is 0 Å². The van der Waals surface area contributed by atoms with E-state index in [-0.39, 0.29) is 4.75 Å². The van der Waals surface area contributed by atoms with Crippen molar-refractivity contribution in [3.63, 3.8) is 0 Å². The minimum absolute atomic E-state index is 0.186. The summed E-state index contributed by atoms with van der Waals surface area (Å²) in [5.41, 5.74) is 5.08. The van der Waals surface area contributed by atoms with E-state index in [1.807, 2.05) is 11.8 Å². The zero-order valence-electron chi connectivity index (χ0n) is 12.0. The quantitative estimate of drug-likeness (QED) is 0.801. The van der Waals surface area contributed by atoms with Crippen LogP contribution in [0, 0.1) is 0 Å². The number of aromatic hydroxyl groups is 1. The molecule has 2 aliphatic carbocycles. The Morgan fingerprint density at radius 3 is 2.63 bits per heavy atom. The first-order chi connectivity index (χ1) is 8.96. The SMILES string of the molecule is CC(C)(C)SC1=CCCc2cc3c(c(O)c21)CCC3. The molecule has 0 radical (unpaired) electrons. The number of aryl methyl sites for hydroxylation is 2. The van der Waals surface area contributed by atoms with Gasteiger partial charge in [-0.3, -0.25) is 0 Å². The Bertz CT molecular complexity index is 549. The van der Waals surface area contributed by atoms with E-state index in [0.717, 1.165) is 31.2 Å². The summed E-state index contributed by atoms with van der Waals surface area (Å²) in [4.78, 5) is 1.28. The van der Waals surface area contributed by atoms with E-state index in [1.54, 1.807) is 0 Å². The highest BCUT2D eigenvalue weighted by Crippen LogP contribution is 2.47. The fourth-order valence-corrected chi connectivity index (χ4v) is 4.33. The van der Waals surface area contributed by atoms with E-state index >= 15 is 0 Å². The summed E-state index contributed by atoms with van der Waals surface area (Å²) in [7, 11) is 0. The molecular weight excluding hydrogens is 252 g/mol. The van der Waals surface area contributed by atoms with Gasteiger partial charge in [-0.2, -0.15) is 0 Å². The molecule has 19 heavy (non-hydrogen) atoms. The Morgan fingerprint density at radius 2 is 1.89 bits per heavy atom. The van der Waals surface area contributed by atoms with Gasteiger partial charge >= 0.3 is 0 Å². The molecule has 3 rings (SSSR count). The normalized spacial score (nSPS) is 17.9. The summed E-state index contributed by atoms with van der Waals surface area (Å²) in [6.07, 6.45) is 7.86. The third-order valence-electron chi connectivity index (χ3n) is 3.86. The van der Waals surface area contributed by atoms with Crippen LogP contribution >= 0.6 is 11.8 Å². The average Bonchev–Trinajstić information content (AvgIpc) is 2.75. The summed E-state index contributed by atoms with van der Waals surface area (Å²) in [6.45, 7) is 6.70. The van der Waals surface area contributed by atoms with Crippen LogP contribution in [0.25, 0.3) is 4.91 Å². The smallest absolute Gasteiger partial charge is 0.127 e. The zero-order valence-corrected chi connectivity index (χ0v) is 12.9. The summed E-state index contributed by atoms with van der Waals surface area (Å²) >= 11 is 1.88. The van der Waals surface area contributed by atoms with Crippen LogP contribution in [0.3, 0.4) is 0 Å². The number of fused-ring (bicyclic) bond motifs is 2. The van der Waals surface area contributed by atoms with Crippen molar-refractivity contribution in [1.29, 1.82) is 0 Å². The van der Waals surface area contributed by atoms with Crippen LogP contribution in [0.1, 0.15) is 55.9 Å². The van der Waals surface area contributed by atoms with E-state index in [1.165, 1.54) is 28.0 Å². The predicted octanol–water partition coefficient (Wildman–Crippen LogP) is 4.70. The Balaban J connectivity index is 2.09. The Kier molecular flexibility index (Phi) is 3.17. The van der Waals surface area contributed by atoms with Crippen LogP contribution in [0.2, 0.25) is 0 Å². The lowest BCUT2D eigenvalue weighted by Gasteiger charge is -2.26. The van der Waals surface area contributed by atoms with Gasteiger partial charge in [0.2, 0.25) is 0 Å². The maximum absolute atomic E-state index is 10.7. The molecule has 0 aliphatic heterocycles. The second-order valence-electron chi connectivity index (χ2n) is 6.57. The molecule has 0 amide bonds. The minimum Gasteiger partial charge on any atom is -0.507 e. The van der Waals surface area contributed by atoms with Gasteiger partial charge in [0.1, 0.15) is 5.75 Å². The van der Waals surface area contributed by atoms with Crippen LogP contribution in [-0.2, 0) is 19.3 Å². The molecule has 0 saturated heterocycles. The van der Waals surface area contributed by atoms with Crippen molar-refractivity contribution in [3.05, 3.63) is 34.4 Å². The molecule has 0 fully saturated rings. The molecular formula is C17H22OS. The van der Waals surface area contributed by atoms with E-state index in [2.05, 4.69) is 32.9 Å². The van der Waals surface area contributed by atoms with Gasteiger partial charge in [0.25, 0.3) is 0 Å². The van der Waals surface area contributed by atoms with Gasteiger partial charge in [0.05, 0.1) is 0 Å². The Hall–Kier alpha value is -0.890. The second-order valence-corrected chi connectivity index (χ2v) is 8.44. The summed E-state index contributed by atoms with van der Waals surface area (Å²) in [5.74, 6) is 0.577. The molecule has 0 aromatic heterocycles. The lowest BCUT2D eigenvalue weighted by Crippen LogP contribution is -2.10. The molecule has 2 heteroatoms. The highest BCUT2D eigenvalue weighted by molar-refractivity contribution is 8.09. The van der Waals surface area contributed by atoms with E-state index < -0.39 is 0 Å². The molecule has 1 aromatic rings. The van der Waals surface area contributed by atoms with Crippen LogP contribution < -0.4 is 0 Å². The van der Waals surface area contributed by atoms with Gasteiger partial charge in [-0.15, -0.1) is 11.8 Å². The van der Waals surface area contributed by atoms with Gasteiger partial charge in [-0.1, -0.05) is 32.9 Å². The topological polar surface area (TPSA) is 20.2 Å². The molecule has 0 bridgehead atoms. The number of thioether (sulfide) groups is 1. The van der Waals surface area contributed by atoms with Gasteiger partial charge < -0.3 is 5.11 Å². The monoisotopic (exact) mass is 274 g/mol. The lowest BCUT2D eigenvalue weighted by atomic mass is 9.91. The second kappa shape index (κ2) is 4.59. The Labute approximate surface area is 120 Å². The van der Waals surface area contributed by atoms with E-state index in [9.17, 15) is 5.11 Å². The summed E-state index contributed by atoms with van der Waals surface area (Å²) < 4.78 is 0.186. The van der Waals surface area contributed by atoms with Crippen LogP contribution in [0.15, 0.2) is 12.1 Å². The van der Waals surface area contributed by atoms with Crippen molar-refractivity contribution < 1.29 is 5.11 Å². The lowest BCUT2D eigenvalue weighted by molar-refractivity contribution is 0.466. The standard InChI is InChI=1S/C17H22OS/c1-17(2,3)19-14-9-5-7-12-10-11-6-4-8-13(11)16(18)15(12)14/h9-10,18H,4-8H2,1-3H3. The number of phenols is 1. The van der Waals surface area contributed by atoms with Gasteiger partial charge in [0, 0.05) is 15.2 Å². The first-order valence-electron chi connectivity index (χ1n) is 7.22. The van der Waals surface area contributed by atoms with Crippen molar-refractivity contribution in [3.8, 4) is 5.75 Å². The fourth-order valence-electron chi connectivity index (χ4n) is 3.14. The fraction of sp³-hybridized carbons (Fsp3) is 0.529. The molecule has 102 valence electrons. The third kappa shape index (κ3) is 2.43. The van der Waals surface area contributed by atoms with E-state index in [0.29, 0.717) is 5.75 Å². The Morgan fingerprint density at radius 1 is 1.11 bits per heavy atom. The summed E-state index contributed by atoms with van der Waals surface area (Å²) in [6, 6.07) is 2.35. The van der Waals surface area contributed by atoms with Crippen LogP contribution in [0.5, 0.6) is 5.75 Å². The van der Waals surface area contributed by atoms with E-state index in [4.69, 9.17) is 0 Å². The highest BCUT2D eigenvalue weighted by atomic mass is 32.2. The number of rotatable bonds is 1. The number of benzene rings is 1. The molecule has 1 nitrogen and oxygen atoms in total. The number of hydrogen-bond acceptors (Lipinski definition) is 2. The van der Waals surface area contributed by atoms with Gasteiger partial charge in [-0.05, 0) is 48.8 Å². The van der Waals surface area contributed by atoms with Gasteiger partial charge in [0.15, 0.2) is 0 Å². The molecule has 1 N–H and O–H groups in total.